The van der Waals surface area contributed by atoms with Crippen molar-refractivity contribution in [2.24, 2.45) is 0 Å². The summed E-state index contributed by atoms with van der Waals surface area (Å²) in [6.07, 6.45) is 2.00. The number of carbonyl (C=O) groups excluding carboxylic acids is 1. The zero-order chi connectivity index (χ0) is 18.4. The van der Waals surface area contributed by atoms with Crippen LogP contribution in [0.5, 0.6) is 0 Å². The minimum Gasteiger partial charge on any atom is -0.305 e. The number of anilines is 1. The molecule has 0 N–H and O–H groups in total. The predicted octanol–water partition coefficient (Wildman–Crippen LogP) is 3.61. The van der Waals surface area contributed by atoms with Crippen molar-refractivity contribution in [2.75, 3.05) is 17.7 Å². The lowest BCUT2D eigenvalue weighted by atomic mass is 10.00. The van der Waals surface area contributed by atoms with E-state index in [1.165, 1.54) is 29.2 Å². The van der Waals surface area contributed by atoms with Crippen molar-refractivity contribution in [1.29, 1.82) is 0 Å². The largest absolute Gasteiger partial charge is 0.305 e. The summed E-state index contributed by atoms with van der Waals surface area (Å²) in [6, 6.07) is 5.82. The van der Waals surface area contributed by atoms with E-state index in [4.69, 9.17) is 11.6 Å². The molecule has 1 heterocycles. The highest BCUT2D eigenvalue weighted by atomic mass is 35.5. The second-order valence-electron chi connectivity index (χ2n) is 5.87. The van der Waals surface area contributed by atoms with Gasteiger partial charge in [0.05, 0.1) is 15.6 Å². The molecule has 3 rings (SSSR count). The number of nitrogens with zero attached hydrogens (tertiary/aromatic N) is 1. The first-order chi connectivity index (χ1) is 11.7. The van der Waals surface area contributed by atoms with Gasteiger partial charge in [-0.05, 0) is 42.7 Å². The van der Waals surface area contributed by atoms with Gasteiger partial charge in [0, 0.05) is 24.4 Å². The molecule has 0 atom stereocenters. The Hall–Kier alpha value is -1.99. The van der Waals surface area contributed by atoms with Crippen molar-refractivity contribution < 1.29 is 22.0 Å². The van der Waals surface area contributed by atoms with Crippen molar-refractivity contribution in [2.45, 2.75) is 17.7 Å². The van der Waals surface area contributed by atoms with Gasteiger partial charge in [-0.25, -0.2) is 17.2 Å². The lowest BCUT2D eigenvalue weighted by Gasteiger charge is -2.30. The molecule has 1 aliphatic heterocycles. The van der Waals surface area contributed by atoms with Gasteiger partial charge in [0.1, 0.15) is 11.6 Å². The fourth-order valence-electron chi connectivity index (χ4n) is 2.93. The molecule has 0 saturated heterocycles. The first-order valence-corrected chi connectivity index (χ1v) is 9.75. The van der Waals surface area contributed by atoms with E-state index < -0.39 is 27.4 Å². The SMILES string of the molecule is CS(=O)(=O)c1cc(C(=O)N2CCCc3cc(F)cc(F)c32)ccc1Cl. The smallest absolute Gasteiger partial charge is 0.258 e. The number of amides is 1. The minimum absolute atomic E-state index is 0.00588. The minimum atomic E-state index is -3.62. The molecule has 25 heavy (non-hydrogen) atoms. The zero-order valence-corrected chi connectivity index (χ0v) is 14.8. The monoisotopic (exact) mass is 385 g/mol. The quantitative estimate of drug-likeness (QED) is 0.793. The summed E-state index contributed by atoms with van der Waals surface area (Å²) >= 11 is 5.89. The fourth-order valence-corrected chi connectivity index (χ4v) is 4.23. The van der Waals surface area contributed by atoms with Crippen molar-refractivity contribution in [3.05, 3.63) is 58.1 Å². The van der Waals surface area contributed by atoms with Crippen LogP contribution in [-0.4, -0.2) is 27.1 Å². The van der Waals surface area contributed by atoms with E-state index in [0.29, 0.717) is 18.4 Å². The molecule has 1 amide bonds. The average Bonchev–Trinajstić information content (AvgIpc) is 2.52. The molecule has 0 spiro atoms. The van der Waals surface area contributed by atoms with E-state index in [2.05, 4.69) is 0 Å². The molecule has 1 aliphatic rings. The Kier molecular flexibility index (Phi) is 4.55. The molecule has 0 fully saturated rings. The molecule has 4 nitrogen and oxygen atoms in total. The van der Waals surface area contributed by atoms with Gasteiger partial charge in [-0.1, -0.05) is 11.6 Å². The van der Waals surface area contributed by atoms with Crippen molar-refractivity contribution in [1.82, 2.24) is 0 Å². The summed E-state index contributed by atoms with van der Waals surface area (Å²) in [5, 5.41) is 0.00588. The highest BCUT2D eigenvalue weighted by Crippen LogP contribution is 2.33. The molecule has 0 saturated carbocycles. The van der Waals surface area contributed by atoms with Crippen LogP contribution in [0, 0.1) is 11.6 Å². The summed E-state index contributed by atoms with van der Waals surface area (Å²) in [7, 11) is -3.62. The highest BCUT2D eigenvalue weighted by Gasteiger charge is 2.28. The lowest BCUT2D eigenvalue weighted by Crippen LogP contribution is -2.36. The van der Waals surface area contributed by atoms with Crippen LogP contribution < -0.4 is 4.90 Å². The average molecular weight is 386 g/mol. The standard InChI is InChI=1S/C17H14ClF2NO3S/c1-25(23,24)15-8-11(4-5-13(15)18)17(22)21-6-2-3-10-7-12(19)9-14(20)16(10)21/h4-5,7-9H,2-3,6H2,1H3. The van der Waals surface area contributed by atoms with Crippen LogP contribution in [-0.2, 0) is 16.3 Å². The summed E-state index contributed by atoms with van der Waals surface area (Å²) in [5.74, 6) is -2.08. The van der Waals surface area contributed by atoms with Gasteiger partial charge in [-0.15, -0.1) is 0 Å². The number of carbonyl (C=O) groups is 1. The lowest BCUT2D eigenvalue weighted by molar-refractivity contribution is 0.0984. The summed E-state index contributed by atoms with van der Waals surface area (Å²) in [4.78, 5) is 13.9. The Balaban J connectivity index is 2.07. The van der Waals surface area contributed by atoms with Gasteiger partial charge >= 0.3 is 0 Å². The molecular weight excluding hydrogens is 372 g/mol. The molecule has 132 valence electrons. The highest BCUT2D eigenvalue weighted by molar-refractivity contribution is 7.90. The first kappa shape index (κ1) is 17.8. The van der Waals surface area contributed by atoms with Crippen LogP contribution >= 0.6 is 11.6 Å². The van der Waals surface area contributed by atoms with Gasteiger partial charge in [-0.2, -0.15) is 0 Å². The molecule has 0 bridgehead atoms. The fraction of sp³-hybridized carbons (Fsp3) is 0.235. The number of hydrogen-bond donors (Lipinski definition) is 0. The number of fused-ring (bicyclic) bond motifs is 1. The summed E-state index contributed by atoms with van der Waals surface area (Å²) in [5.41, 5.74) is 0.518. The Morgan fingerprint density at radius 2 is 1.92 bits per heavy atom. The summed E-state index contributed by atoms with van der Waals surface area (Å²) < 4.78 is 51.2. The van der Waals surface area contributed by atoms with Gasteiger partial charge in [0.2, 0.25) is 0 Å². The van der Waals surface area contributed by atoms with E-state index in [1.807, 2.05) is 0 Å². The second-order valence-corrected chi connectivity index (χ2v) is 8.26. The van der Waals surface area contributed by atoms with Crippen LogP contribution in [0.1, 0.15) is 22.3 Å². The number of benzene rings is 2. The van der Waals surface area contributed by atoms with Gasteiger partial charge in [0.25, 0.3) is 5.91 Å². The maximum absolute atomic E-state index is 14.2. The normalized spacial score (nSPS) is 14.3. The molecule has 8 heteroatoms. The van der Waals surface area contributed by atoms with Crippen LogP contribution in [0.3, 0.4) is 0 Å². The molecule has 2 aromatic carbocycles. The van der Waals surface area contributed by atoms with E-state index in [-0.39, 0.29) is 27.7 Å². The Morgan fingerprint density at radius 1 is 1.20 bits per heavy atom. The molecule has 0 aromatic heterocycles. The van der Waals surface area contributed by atoms with Gasteiger partial charge < -0.3 is 4.90 Å². The van der Waals surface area contributed by atoms with E-state index in [9.17, 15) is 22.0 Å². The van der Waals surface area contributed by atoms with Crippen molar-refractivity contribution >= 4 is 33.0 Å². The van der Waals surface area contributed by atoms with E-state index >= 15 is 0 Å². The van der Waals surface area contributed by atoms with Crippen LogP contribution in [0.2, 0.25) is 5.02 Å². The number of aryl methyl sites for hydroxylation is 1. The maximum Gasteiger partial charge on any atom is 0.258 e. The molecule has 2 aromatic rings. The maximum atomic E-state index is 14.2. The number of halogens is 3. The topological polar surface area (TPSA) is 54.5 Å². The zero-order valence-electron chi connectivity index (χ0n) is 13.2. The predicted molar refractivity (Wildman–Crippen MR) is 90.9 cm³/mol. The molecule has 0 unspecified atom stereocenters. The van der Waals surface area contributed by atoms with E-state index in [0.717, 1.165) is 12.3 Å². The Labute approximate surface area is 148 Å². The van der Waals surface area contributed by atoms with E-state index in [1.54, 1.807) is 0 Å². The number of sulfone groups is 1. The third-order valence-corrected chi connectivity index (χ3v) is 5.61. The Bertz CT molecular complexity index is 976. The van der Waals surface area contributed by atoms with Gasteiger partial charge in [-0.3, -0.25) is 4.79 Å². The second kappa shape index (κ2) is 6.38. The molecule has 0 aliphatic carbocycles. The first-order valence-electron chi connectivity index (χ1n) is 7.48. The van der Waals surface area contributed by atoms with Crippen molar-refractivity contribution in [3.63, 3.8) is 0 Å². The Morgan fingerprint density at radius 3 is 2.60 bits per heavy atom. The third-order valence-electron chi connectivity index (χ3n) is 4.03. The number of hydrogen-bond acceptors (Lipinski definition) is 3. The van der Waals surface area contributed by atoms with Crippen LogP contribution in [0.25, 0.3) is 0 Å². The van der Waals surface area contributed by atoms with Crippen molar-refractivity contribution in [3.8, 4) is 0 Å². The van der Waals surface area contributed by atoms with Crippen LogP contribution in [0.15, 0.2) is 35.2 Å². The van der Waals surface area contributed by atoms with Crippen LogP contribution in [0.4, 0.5) is 14.5 Å². The number of rotatable bonds is 2. The molecule has 0 radical (unpaired) electrons. The third kappa shape index (κ3) is 3.39. The summed E-state index contributed by atoms with van der Waals surface area (Å²) in [6.45, 7) is 0.255. The molecular formula is C17H14ClF2NO3S. The van der Waals surface area contributed by atoms with Gasteiger partial charge in [0.15, 0.2) is 9.84 Å².